The maximum atomic E-state index is 12.4. The Kier molecular flexibility index (Phi) is 7.61. The van der Waals surface area contributed by atoms with E-state index in [1.807, 2.05) is 57.2 Å². The molecule has 0 aliphatic rings. The van der Waals surface area contributed by atoms with Crippen LogP contribution in [0.4, 0.5) is 11.4 Å². The monoisotopic (exact) mass is 439 g/mol. The van der Waals surface area contributed by atoms with E-state index in [9.17, 15) is 14.9 Å². The highest BCUT2D eigenvalue weighted by atomic mass is 16.5. The standard InChI is InChI=1S/C27H25N3O3/c1-18-4-9-23(10-5-18)29-27(32)22(16-28)15-21-7-11-24(12-8-21)33-17-26(31)30-25-13-6-19(2)14-20(25)3/h4-15H,17H2,1-3H3,(H,29,32)(H,30,31)/b22-15-. The molecule has 0 heterocycles. The summed E-state index contributed by atoms with van der Waals surface area (Å²) in [6, 6.07) is 21.9. The molecule has 0 fully saturated rings. The van der Waals surface area contributed by atoms with Crippen molar-refractivity contribution in [2.24, 2.45) is 0 Å². The second kappa shape index (κ2) is 10.8. The van der Waals surface area contributed by atoms with Crippen LogP contribution in [0.15, 0.2) is 72.3 Å². The molecule has 0 aliphatic carbocycles. The van der Waals surface area contributed by atoms with E-state index < -0.39 is 5.91 Å². The first-order chi connectivity index (χ1) is 15.8. The van der Waals surface area contributed by atoms with Gasteiger partial charge >= 0.3 is 0 Å². The van der Waals surface area contributed by atoms with Crippen molar-refractivity contribution in [2.45, 2.75) is 20.8 Å². The van der Waals surface area contributed by atoms with Gasteiger partial charge in [0.05, 0.1) is 0 Å². The molecule has 0 atom stereocenters. The predicted octanol–water partition coefficient (Wildman–Crippen LogP) is 5.18. The third-order valence-corrected chi connectivity index (χ3v) is 4.89. The van der Waals surface area contributed by atoms with E-state index in [-0.39, 0.29) is 18.1 Å². The number of aryl methyl sites for hydroxylation is 3. The molecule has 2 N–H and O–H groups in total. The van der Waals surface area contributed by atoms with E-state index in [0.717, 1.165) is 22.4 Å². The quantitative estimate of drug-likeness (QED) is 0.392. The zero-order valence-corrected chi connectivity index (χ0v) is 18.8. The van der Waals surface area contributed by atoms with Crippen molar-refractivity contribution in [3.63, 3.8) is 0 Å². The topological polar surface area (TPSA) is 91.2 Å². The highest BCUT2D eigenvalue weighted by Crippen LogP contribution is 2.18. The molecule has 166 valence electrons. The van der Waals surface area contributed by atoms with Crippen LogP contribution in [-0.2, 0) is 9.59 Å². The Bertz CT molecular complexity index is 1220. The Morgan fingerprint density at radius 3 is 2.21 bits per heavy atom. The largest absolute Gasteiger partial charge is 0.484 e. The molecule has 0 radical (unpaired) electrons. The Hall–Kier alpha value is -4.37. The summed E-state index contributed by atoms with van der Waals surface area (Å²) in [4.78, 5) is 24.6. The molecule has 0 aromatic heterocycles. The Morgan fingerprint density at radius 2 is 1.58 bits per heavy atom. The van der Waals surface area contributed by atoms with Gasteiger partial charge in [-0.15, -0.1) is 0 Å². The van der Waals surface area contributed by atoms with Gasteiger partial charge in [-0.2, -0.15) is 5.26 Å². The van der Waals surface area contributed by atoms with Crippen LogP contribution in [0.1, 0.15) is 22.3 Å². The molecule has 0 saturated carbocycles. The van der Waals surface area contributed by atoms with Crippen LogP contribution < -0.4 is 15.4 Å². The van der Waals surface area contributed by atoms with E-state index in [0.29, 0.717) is 17.0 Å². The van der Waals surface area contributed by atoms with Gasteiger partial charge in [0, 0.05) is 11.4 Å². The number of ether oxygens (including phenoxy) is 1. The maximum absolute atomic E-state index is 12.4. The first-order valence-corrected chi connectivity index (χ1v) is 10.4. The van der Waals surface area contributed by atoms with E-state index in [1.54, 1.807) is 36.4 Å². The Morgan fingerprint density at radius 1 is 0.909 bits per heavy atom. The zero-order chi connectivity index (χ0) is 23.8. The number of benzene rings is 3. The first-order valence-electron chi connectivity index (χ1n) is 10.4. The normalized spacial score (nSPS) is 10.8. The molecule has 0 bridgehead atoms. The fourth-order valence-electron chi connectivity index (χ4n) is 3.10. The molecule has 3 aromatic rings. The molecule has 0 spiro atoms. The number of hydrogen-bond acceptors (Lipinski definition) is 4. The molecule has 6 nitrogen and oxygen atoms in total. The first kappa shape index (κ1) is 23.3. The number of hydrogen-bond donors (Lipinski definition) is 2. The summed E-state index contributed by atoms with van der Waals surface area (Å²) < 4.78 is 5.55. The van der Waals surface area contributed by atoms with Crippen LogP contribution >= 0.6 is 0 Å². The summed E-state index contributed by atoms with van der Waals surface area (Å²) in [5, 5.41) is 14.9. The van der Waals surface area contributed by atoms with Crippen LogP contribution in [0.3, 0.4) is 0 Å². The molecule has 2 amide bonds. The van der Waals surface area contributed by atoms with Crippen LogP contribution in [0.25, 0.3) is 6.08 Å². The van der Waals surface area contributed by atoms with E-state index in [2.05, 4.69) is 10.6 Å². The number of carbonyl (C=O) groups excluding carboxylic acids is 2. The van der Waals surface area contributed by atoms with Gasteiger partial charge in [0.15, 0.2) is 6.61 Å². The average Bonchev–Trinajstić information content (AvgIpc) is 2.80. The highest BCUT2D eigenvalue weighted by molar-refractivity contribution is 6.09. The Labute approximate surface area is 193 Å². The lowest BCUT2D eigenvalue weighted by Crippen LogP contribution is -2.20. The number of nitriles is 1. The number of anilines is 2. The fourth-order valence-corrected chi connectivity index (χ4v) is 3.10. The summed E-state index contributed by atoms with van der Waals surface area (Å²) in [7, 11) is 0. The number of rotatable bonds is 7. The third kappa shape index (κ3) is 6.81. The summed E-state index contributed by atoms with van der Waals surface area (Å²) in [6.45, 7) is 5.75. The van der Waals surface area contributed by atoms with Gasteiger partial charge in [-0.3, -0.25) is 9.59 Å². The Balaban J connectivity index is 1.57. The van der Waals surface area contributed by atoms with Gasteiger partial charge in [-0.25, -0.2) is 0 Å². The van der Waals surface area contributed by atoms with Crippen molar-refractivity contribution >= 4 is 29.3 Å². The van der Waals surface area contributed by atoms with Crippen molar-refractivity contribution in [3.05, 3.63) is 94.6 Å². The van der Waals surface area contributed by atoms with Crippen molar-refractivity contribution in [1.82, 2.24) is 0 Å². The highest BCUT2D eigenvalue weighted by Gasteiger charge is 2.10. The van der Waals surface area contributed by atoms with Crippen molar-refractivity contribution < 1.29 is 14.3 Å². The van der Waals surface area contributed by atoms with E-state index >= 15 is 0 Å². The molecule has 3 aromatic carbocycles. The number of amides is 2. The summed E-state index contributed by atoms with van der Waals surface area (Å²) in [6.07, 6.45) is 1.50. The van der Waals surface area contributed by atoms with Crippen LogP contribution in [0.5, 0.6) is 5.75 Å². The molecule has 6 heteroatoms. The van der Waals surface area contributed by atoms with Gasteiger partial charge in [0.2, 0.25) is 0 Å². The summed E-state index contributed by atoms with van der Waals surface area (Å²) >= 11 is 0. The molecule has 33 heavy (non-hydrogen) atoms. The number of nitrogens with zero attached hydrogens (tertiary/aromatic N) is 1. The lowest BCUT2D eigenvalue weighted by Gasteiger charge is -2.10. The minimum Gasteiger partial charge on any atom is -0.484 e. The van der Waals surface area contributed by atoms with Crippen molar-refractivity contribution in [1.29, 1.82) is 5.26 Å². The predicted molar refractivity (Wildman–Crippen MR) is 130 cm³/mol. The van der Waals surface area contributed by atoms with Crippen LogP contribution in [0, 0.1) is 32.1 Å². The molecule has 0 aliphatic heterocycles. The molecule has 0 unspecified atom stereocenters. The molecule has 0 saturated heterocycles. The van der Waals surface area contributed by atoms with Gasteiger partial charge in [-0.1, -0.05) is 47.5 Å². The van der Waals surface area contributed by atoms with E-state index in [4.69, 9.17) is 4.74 Å². The minimum atomic E-state index is -0.482. The molecular weight excluding hydrogens is 414 g/mol. The SMILES string of the molecule is Cc1ccc(NC(=O)/C(C#N)=C\c2ccc(OCC(=O)Nc3ccc(C)cc3C)cc2)cc1. The lowest BCUT2D eigenvalue weighted by molar-refractivity contribution is -0.118. The number of carbonyl (C=O) groups is 2. The fraction of sp³-hybridized carbons (Fsp3) is 0.148. The summed E-state index contributed by atoms with van der Waals surface area (Å²) in [5.41, 5.74) is 5.21. The van der Waals surface area contributed by atoms with Gasteiger partial charge in [-0.05, 0) is 68.3 Å². The van der Waals surface area contributed by atoms with Crippen LogP contribution in [-0.4, -0.2) is 18.4 Å². The average molecular weight is 440 g/mol. The molecule has 3 rings (SSSR count). The molecular formula is C27H25N3O3. The lowest BCUT2D eigenvalue weighted by atomic mass is 10.1. The number of nitrogens with one attached hydrogen (secondary N) is 2. The van der Waals surface area contributed by atoms with Gasteiger partial charge in [0.25, 0.3) is 11.8 Å². The van der Waals surface area contributed by atoms with Gasteiger partial charge < -0.3 is 15.4 Å². The van der Waals surface area contributed by atoms with Crippen LogP contribution in [0.2, 0.25) is 0 Å². The zero-order valence-electron chi connectivity index (χ0n) is 18.8. The minimum absolute atomic E-state index is 0.0166. The van der Waals surface area contributed by atoms with Crippen molar-refractivity contribution in [3.8, 4) is 11.8 Å². The van der Waals surface area contributed by atoms with Crippen molar-refractivity contribution in [2.75, 3.05) is 17.2 Å². The second-order valence-electron chi connectivity index (χ2n) is 7.71. The van der Waals surface area contributed by atoms with Gasteiger partial charge in [0.1, 0.15) is 17.4 Å². The second-order valence-corrected chi connectivity index (χ2v) is 7.71. The summed E-state index contributed by atoms with van der Waals surface area (Å²) in [5.74, 6) is -0.235. The smallest absolute Gasteiger partial charge is 0.266 e. The van der Waals surface area contributed by atoms with E-state index in [1.165, 1.54) is 6.08 Å². The maximum Gasteiger partial charge on any atom is 0.266 e. The third-order valence-electron chi connectivity index (χ3n) is 4.89.